The van der Waals surface area contributed by atoms with Gasteiger partial charge in [0.2, 0.25) is 0 Å². The van der Waals surface area contributed by atoms with E-state index in [1.54, 1.807) is 6.07 Å². The number of hydrogen-bond donors (Lipinski definition) is 1. The maximum atomic E-state index is 5.87. The number of hydrogen-bond acceptors (Lipinski definition) is 2. The molecule has 0 heterocycles. The van der Waals surface area contributed by atoms with Gasteiger partial charge in [0.25, 0.3) is 0 Å². The molecule has 0 bridgehead atoms. The minimum absolute atomic E-state index is 0.548. The standard InChI is InChI=1S/C11H16ClNO/c1-2-3-7-14-8-9-5-4-6-10(12)11(9)13/h4-6H,2-3,7-8,13H2,1H3. The second kappa shape index (κ2) is 5.89. The number of anilines is 1. The van der Waals surface area contributed by atoms with Gasteiger partial charge in [0, 0.05) is 12.2 Å². The van der Waals surface area contributed by atoms with Crippen molar-refractivity contribution in [2.45, 2.75) is 26.4 Å². The molecule has 78 valence electrons. The first-order valence-electron chi connectivity index (χ1n) is 4.86. The largest absolute Gasteiger partial charge is 0.397 e. The number of rotatable bonds is 5. The highest BCUT2D eigenvalue weighted by atomic mass is 35.5. The third-order valence-electron chi connectivity index (χ3n) is 2.04. The van der Waals surface area contributed by atoms with Crippen molar-refractivity contribution in [2.75, 3.05) is 12.3 Å². The molecule has 0 aromatic heterocycles. The van der Waals surface area contributed by atoms with Crippen LogP contribution in [0.3, 0.4) is 0 Å². The van der Waals surface area contributed by atoms with E-state index < -0.39 is 0 Å². The lowest BCUT2D eigenvalue weighted by atomic mass is 10.2. The highest BCUT2D eigenvalue weighted by Gasteiger charge is 2.02. The van der Waals surface area contributed by atoms with E-state index in [1.165, 1.54) is 0 Å². The van der Waals surface area contributed by atoms with E-state index in [4.69, 9.17) is 22.1 Å². The Balaban J connectivity index is 2.46. The van der Waals surface area contributed by atoms with Crippen molar-refractivity contribution in [2.24, 2.45) is 0 Å². The lowest BCUT2D eigenvalue weighted by Crippen LogP contribution is -1.99. The molecular formula is C11H16ClNO. The van der Waals surface area contributed by atoms with Crippen LogP contribution in [0.1, 0.15) is 25.3 Å². The van der Waals surface area contributed by atoms with Crippen molar-refractivity contribution in [3.05, 3.63) is 28.8 Å². The molecule has 0 aliphatic heterocycles. The maximum Gasteiger partial charge on any atom is 0.0737 e. The average Bonchev–Trinajstić information content (AvgIpc) is 2.19. The van der Waals surface area contributed by atoms with Crippen molar-refractivity contribution >= 4 is 17.3 Å². The molecule has 0 fully saturated rings. The van der Waals surface area contributed by atoms with Gasteiger partial charge in [0.1, 0.15) is 0 Å². The monoisotopic (exact) mass is 213 g/mol. The van der Waals surface area contributed by atoms with Gasteiger partial charge in [-0.1, -0.05) is 37.1 Å². The first kappa shape index (κ1) is 11.3. The summed E-state index contributed by atoms with van der Waals surface area (Å²) in [6.07, 6.45) is 2.23. The average molecular weight is 214 g/mol. The quantitative estimate of drug-likeness (QED) is 0.602. The number of ether oxygens (including phenoxy) is 1. The predicted molar refractivity (Wildman–Crippen MR) is 60.4 cm³/mol. The predicted octanol–water partition coefficient (Wildman–Crippen LogP) is 3.24. The van der Waals surface area contributed by atoms with Crippen molar-refractivity contribution in [3.8, 4) is 0 Å². The zero-order valence-corrected chi connectivity index (χ0v) is 9.18. The Morgan fingerprint density at radius 2 is 2.21 bits per heavy atom. The first-order valence-corrected chi connectivity index (χ1v) is 5.24. The molecule has 1 aromatic rings. The topological polar surface area (TPSA) is 35.2 Å². The van der Waals surface area contributed by atoms with Crippen LogP contribution in [-0.2, 0) is 11.3 Å². The Labute approximate surface area is 90.0 Å². The molecule has 3 heteroatoms. The molecule has 0 spiro atoms. The van der Waals surface area contributed by atoms with Crippen molar-refractivity contribution in [1.82, 2.24) is 0 Å². The Bertz CT molecular complexity index is 289. The lowest BCUT2D eigenvalue weighted by Gasteiger charge is -2.07. The van der Waals surface area contributed by atoms with Gasteiger partial charge in [-0.25, -0.2) is 0 Å². The van der Waals surface area contributed by atoms with Crippen LogP contribution in [0, 0.1) is 0 Å². The second-order valence-electron chi connectivity index (χ2n) is 3.22. The fourth-order valence-corrected chi connectivity index (χ4v) is 1.33. The first-order chi connectivity index (χ1) is 6.75. The lowest BCUT2D eigenvalue weighted by molar-refractivity contribution is 0.118. The molecule has 1 aromatic carbocycles. The Morgan fingerprint density at radius 1 is 1.43 bits per heavy atom. The molecule has 14 heavy (non-hydrogen) atoms. The smallest absolute Gasteiger partial charge is 0.0737 e. The van der Waals surface area contributed by atoms with Crippen LogP contribution in [-0.4, -0.2) is 6.61 Å². The summed E-state index contributed by atoms with van der Waals surface area (Å²) >= 11 is 5.87. The van der Waals surface area contributed by atoms with Gasteiger partial charge in [-0.15, -0.1) is 0 Å². The Morgan fingerprint density at radius 3 is 2.93 bits per heavy atom. The van der Waals surface area contributed by atoms with E-state index in [9.17, 15) is 0 Å². The highest BCUT2D eigenvalue weighted by Crippen LogP contribution is 2.22. The summed E-state index contributed by atoms with van der Waals surface area (Å²) in [6, 6.07) is 5.61. The van der Waals surface area contributed by atoms with Crippen molar-refractivity contribution in [1.29, 1.82) is 0 Å². The number of nitrogens with two attached hydrogens (primary N) is 1. The van der Waals surface area contributed by atoms with E-state index >= 15 is 0 Å². The minimum atomic E-state index is 0.548. The van der Waals surface area contributed by atoms with Crippen molar-refractivity contribution < 1.29 is 4.74 Å². The van der Waals surface area contributed by atoms with Crippen LogP contribution >= 0.6 is 11.6 Å². The van der Waals surface area contributed by atoms with Crippen molar-refractivity contribution in [3.63, 3.8) is 0 Å². The Hall–Kier alpha value is -0.730. The molecule has 0 saturated heterocycles. The van der Waals surface area contributed by atoms with Gasteiger partial charge >= 0.3 is 0 Å². The molecule has 2 nitrogen and oxygen atoms in total. The van der Waals surface area contributed by atoms with Crippen LogP contribution in [0.4, 0.5) is 5.69 Å². The second-order valence-corrected chi connectivity index (χ2v) is 3.63. The van der Waals surface area contributed by atoms with Crippen LogP contribution in [0.2, 0.25) is 5.02 Å². The van der Waals surface area contributed by atoms with Gasteiger partial charge in [-0.3, -0.25) is 0 Å². The molecule has 0 unspecified atom stereocenters. The third-order valence-corrected chi connectivity index (χ3v) is 2.37. The fraction of sp³-hybridized carbons (Fsp3) is 0.455. The minimum Gasteiger partial charge on any atom is -0.397 e. The molecule has 0 aliphatic rings. The summed E-state index contributed by atoms with van der Waals surface area (Å²) in [5, 5.41) is 0.599. The number of para-hydroxylation sites is 1. The fourth-order valence-electron chi connectivity index (χ4n) is 1.14. The highest BCUT2D eigenvalue weighted by molar-refractivity contribution is 6.33. The van der Waals surface area contributed by atoms with Gasteiger partial charge in [-0.05, 0) is 12.5 Å². The van der Waals surface area contributed by atoms with Crippen LogP contribution in [0.5, 0.6) is 0 Å². The number of halogens is 1. The molecule has 2 N–H and O–H groups in total. The van der Waals surface area contributed by atoms with Crippen LogP contribution in [0.15, 0.2) is 18.2 Å². The summed E-state index contributed by atoms with van der Waals surface area (Å²) in [5.74, 6) is 0. The number of nitrogen functional groups attached to an aromatic ring is 1. The van der Waals surface area contributed by atoms with E-state index in [1.807, 2.05) is 12.1 Å². The van der Waals surface area contributed by atoms with E-state index in [0.29, 0.717) is 17.3 Å². The van der Waals surface area contributed by atoms with Crippen LogP contribution < -0.4 is 5.73 Å². The SMILES string of the molecule is CCCCOCc1cccc(Cl)c1N. The zero-order chi connectivity index (χ0) is 10.4. The van der Waals surface area contributed by atoms with Crippen LogP contribution in [0.25, 0.3) is 0 Å². The molecule has 0 aliphatic carbocycles. The van der Waals surface area contributed by atoms with Gasteiger partial charge in [0.05, 0.1) is 17.3 Å². The van der Waals surface area contributed by atoms with Gasteiger partial charge < -0.3 is 10.5 Å². The van der Waals surface area contributed by atoms with Gasteiger partial charge in [0.15, 0.2) is 0 Å². The molecule has 0 saturated carbocycles. The summed E-state index contributed by atoms with van der Waals surface area (Å²) in [5.41, 5.74) is 7.38. The van der Waals surface area contributed by atoms with E-state index in [2.05, 4.69) is 6.92 Å². The van der Waals surface area contributed by atoms with E-state index in [-0.39, 0.29) is 0 Å². The molecule has 0 atom stereocenters. The third kappa shape index (κ3) is 3.20. The summed E-state index contributed by atoms with van der Waals surface area (Å²) in [6.45, 7) is 3.46. The maximum absolute atomic E-state index is 5.87. The molecule has 1 rings (SSSR count). The summed E-state index contributed by atoms with van der Waals surface area (Å²) < 4.78 is 5.46. The summed E-state index contributed by atoms with van der Waals surface area (Å²) in [7, 11) is 0. The zero-order valence-electron chi connectivity index (χ0n) is 8.42. The molecule has 0 radical (unpaired) electrons. The van der Waals surface area contributed by atoms with Gasteiger partial charge in [-0.2, -0.15) is 0 Å². The number of unbranched alkanes of at least 4 members (excludes halogenated alkanes) is 1. The Kier molecular flexibility index (Phi) is 4.77. The molecule has 0 amide bonds. The van der Waals surface area contributed by atoms with E-state index in [0.717, 1.165) is 25.0 Å². The molecular weight excluding hydrogens is 198 g/mol. The number of benzene rings is 1. The summed E-state index contributed by atoms with van der Waals surface area (Å²) in [4.78, 5) is 0. The normalized spacial score (nSPS) is 10.4.